The molecule has 0 heterocycles. The molecule has 0 bridgehead atoms. The fraction of sp³-hybridized carbons (Fsp3) is 0.600. The molecule has 1 saturated carbocycles. The van der Waals surface area contributed by atoms with E-state index in [0.29, 0.717) is 11.8 Å². The van der Waals surface area contributed by atoms with E-state index in [0.717, 1.165) is 19.3 Å². The van der Waals surface area contributed by atoms with Gasteiger partial charge in [-0.2, -0.15) is 0 Å². The number of hydrogen-bond donors (Lipinski definition) is 1. The van der Waals surface area contributed by atoms with Crippen molar-refractivity contribution in [3.05, 3.63) is 28.2 Å². The lowest BCUT2D eigenvalue weighted by Gasteiger charge is -2.35. The normalized spacial score (nSPS) is 23.7. The molecule has 1 fully saturated rings. The third-order valence-corrected chi connectivity index (χ3v) is 4.63. The van der Waals surface area contributed by atoms with Crippen LogP contribution in [0, 0.1) is 23.5 Å². The molecule has 1 N–H and O–H groups in total. The van der Waals surface area contributed by atoms with Gasteiger partial charge in [0, 0.05) is 12.1 Å². The van der Waals surface area contributed by atoms with Gasteiger partial charge in [-0.05, 0) is 46.7 Å². The minimum atomic E-state index is -0.430. The molecule has 0 spiro atoms. The molecule has 1 nitrogen and oxygen atoms in total. The SMILES string of the molecule is CC(C)C1CCCCC1Nc1cc(F)c(Br)cc1F. The van der Waals surface area contributed by atoms with E-state index in [-0.39, 0.29) is 16.2 Å². The smallest absolute Gasteiger partial charge is 0.147 e. The molecule has 1 aliphatic rings. The lowest BCUT2D eigenvalue weighted by molar-refractivity contribution is 0.253. The second kappa shape index (κ2) is 6.21. The van der Waals surface area contributed by atoms with E-state index in [2.05, 4.69) is 35.1 Å². The van der Waals surface area contributed by atoms with Gasteiger partial charge >= 0.3 is 0 Å². The molecule has 2 unspecified atom stereocenters. The van der Waals surface area contributed by atoms with Crippen LogP contribution < -0.4 is 5.32 Å². The van der Waals surface area contributed by atoms with Gasteiger partial charge in [0.25, 0.3) is 0 Å². The number of rotatable bonds is 3. The van der Waals surface area contributed by atoms with Crippen LogP contribution in [0.2, 0.25) is 0 Å². The summed E-state index contributed by atoms with van der Waals surface area (Å²) in [5.74, 6) is 0.253. The van der Waals surface area contributed by atoms with Crippen LogP contribution in [0.3, 0.4) is 0 Å². The van der Waals surface area contributed by atoms with Crippen molar-refractivity contribution in [2.75, 3.05) is 5.32 Å². The third kappa shape index (κ3) is 3.47. The Hall–Kier alpha value is -0.640. The topological polar surface area (TPSA) is 12.0 Å². The average molecular weight is 332 g/mol. The second-order valence-electron chi connectivity index (χ2n) is 5.69. The first-order valence-corrected chi connectivity index (χ1v) is 7.69. The van der Waals surface area contributed by atoms with Gasteiger partial charge in [-0.1, -0.05) is 26.7 Å². The van der Waals surface area contributed by atoms with Crippen LogP contribution in [-0.2, 0) is 0 Å². The van der Waals surface area contributed by atoms with E-state index in [9.17, 15) is 8.78 Å². The van der Waals surface area contributed by atoms with Gasteiger partial charge in [0.2, 0.25) is 0 Å². The molecule has 0 aliphatic heterocycles. The quantitative estimate of drug-likeness (QED) is 0.735. The summed E-state index contributed by atoms with van der Waals surface area (Å²) in [7, 11) is 0. The van der Waals surface area contributed by atoms with Gasteiger partial charge in [-0.3, -0.25) is 0 Å². The molecule has 1 aliphatic carbocycles. The number of benzene rings is 1. The molecule has 2 rings (SSSR count). The summed E-state index contributed by atoms with van der Waals surface area (Å²) in [6.07, 6.45) is 4.58. The lowest BCUT2D eigenvalue weighted by atomic mass is 9.78. The number of halogens is 3. The Kier molecular flexibility index (Phi) is 4.82. The highest BCUT2D eigenvalue weighted by Crippen LogP contribution is 2.33. The summed E-state index contributed by atoms with van der Waals surface area (Å²) in [4.78, 5) is 0. The summed E-state index contributed by atoms with van der Waals surface area (Å²) in [6, 6.07) is 2.67. The lowest BCUT2D eigenvalue weighted by Crippen LogP contribution is -2.35. The van der Waals surface area contributed by atoms with Crippen LogP contribution in [0.15, 0.2) is 16.6 Å². The first kappa shape index (κ1) is 14.8. The Balaban J connectivity index is 2.17. The molecule has 0 aromatic heterocycles. The van der Waals surface area contributed by atoms with Gasteiger partial charge in [0.15, 0.2) is 0 Å². The van der Waals surface area contributed by atoms with Gasteiger partial charge in [0.1, 0.15) is 11.6 Å². The van der Waals surface area contributed by atoms with Crippen molar-refractivity contribution in [2.24, 2.45) is 11.8 Å². The van der Waals surface area contributed by atoms with Crippen molar-refractivity contribution in [1.29, 1.82) is 0 Å². The maximum absolute atomic E-state index is 13.9. The van der Waals surface area contributed by atoms with Crippen LogP contribution in [-0.4, -0.2) is 6.04 Å². The van der Waals surface area contributed by atoms with Crippen molar-refractivity contribution < 1.29 is 8.78 Å². The highest BCUT2D eigenvalue weighted by Gasteiger charge is 2.28. The van der Waals surface area contributed by atoms with Crippen molar-refractivity contribution in [3.8, 4) is 0 Å². The van der Waals surface area contributed by atoms with Crippen LogP contribution in [0.5, 0.6) is 0 Å². The van der Waals surface area contributed by atoms with E-state index in [4.69, 9.17) is 0 Å². The molecule has 1 aromatic rings. The summed E-state index contributed by atoms with van der Waals surface area (Å²) >= 11 is 3.00. The summed E-state index contributed by atoms with van der Waals surface area (Å²) in [5, 5.41) is 3.21. The van der Waals surface area contributed by atoms with Crippen LogP contribution in [0.4, 0.5) is 14.5 Å². The minimum Gasteiger partial charge on any atom is -0.380 e. The molecule has 2 atom stereocenters. The highest BCUT2D eigenvalue weighted by molar-refractivity contribution is 9.10. The fourth-order valence-corrected chi connectivity index (χ4v) is 3.29. The molecular weight excluding hydrogens is 312 g/mol. The summed E-state index contributed by atoms with van der Waals surface area (Å²) < 4.78 is 27.5. The zero-order valence-electron chi connectivity index (χ0n) is 11.3. The highest BCUT2D eigenvalue weighted by atomic mass is 79.9. The van der Waals surface area contributed by atoms with Gasteiger partial charge in [-0.15, -0.1) is 0 Å². The van der Waals surface area contributed by atoms with Gasteiger partial charge in [-0.25, -0.2) is 8.78 Å². The molecule has 4 heteroatoms. The average Bonchev–Trinajstić information content (AvgIpc) is 2.36. The number of hydrogen-bond acceptors (Lipinski definition) is 1. The monoisotopic (exact) mass is 331 g/mol. The van der Waals surface area contributed by atoms with E-state index in [1.165, 1.54) is 18.6 Å². The first-order valence-electron chi connectivity index (χ1n) is 6.90. The zero-order valence-corrected chi connectivity index (χ0v) is 12.9. The van der Waals surface area contributed by atoms with Gasteiger partial charge in [0.05, 0.1) is 10.2 Å². The molecule has 106 valence electrons. The predicted octanol–water partition coefficient (Wildman–Crippen LogP) is 5.35. The molecular formula is C15H20BrF2N. The zero-order chi connectivity index (χ0) is 14.0. The maximum Gasteiger partial charge on any atom is 0.147 e. The Bertz CT molecular complexity index is 448. The number of anilines is 1. The minimum absolute atomic E-state index is 0.166. The molecule has 19 heavy (non-hydrogen) atoms. The maximum atomic E-state index is 13.9. The summed E-state index contributed by atoms with van der Waals surface area (Å²) in [6.45, 7) is 4.40. The molecule has 0 saturated heterocycles. The number of nitrogens with one attached hydrogen (secondary N) is 1. The third-order valence-electron chi connectivity index (χ3n) is 4.03. The fourth-order valence-electron chi connectivity index (χ4n) is 2.97. The van der Waals surface area contributed by atoms with E-state index >= 15 is 0 Å². The second-order valence-corrected chi connectivity index (χ2v) is 6.54. The Morgan fingerprint density at radius 3 is 2.53 bits per heavy atom. The van der Waals surface area contributed by atoms with Crippen molar-refractivity contribution in [1.82, 2.24) is 0 Å². The largest absolute Gasteiger partial charge is 0.380 e. The van der Waals surface area contributed by atoms with Crippen molar-refractivity contribution in [2.45, 2.75) is 45.6 Å². The van der Waals surface area contributed by atoms with Crippen LogP contribution in [0.25, 0.3) is 0 Å². The van der Waals surface area contributed by atoms with Crippen molar-refractivity contribution in [3.63, 3.8) is 0 Å². The molecule has 0 amide bonds. The molecule has 0 radical (unpaired) electrons. The molecule has 1 aromatic carbocycles. The van der Waals surface area contributed by atoms with Crippen LogP contribution >= 0.6 is 15.9 Å². The Morgan fingerprint density at radius 1 is 1.16 bits per heavy atom. The van der Waals surface area contributed by atoms with E-state index < -0.39 is 11.6 Å². The first-order chi connectivity index (χ1) is 8.99. The predicted molar refractivity (Wildman–Crippen MR) is 78.3 cm³/mol. The Morgan fingerprint density at radius 2 is 1.84 bits per heavy atom. The van der Waals surface area contributed by atoms with E-state index in [1.807, 2.05) is 0 Å². The Labute approximate surface area is 121 Å². The van der Waals surface area contributed by atoms with Gasteiger partial charge < -0.3 is 5.32 Å². The van der Waals surface area contributed by atoms with E-state index in [1.54, 1.807) is 0 Å². The van der Waals surface area contributed by atoms with Crippen molar-refractivity contribution >= 4 is 21.6 Å². The standard InChI is InChI=1S/C15H20BrF2N/c1-9(2)10-5-3-4-6-14(10)19-15-8-12(17)11(16)7-13(15)18/h7-10,14,19H,3-6H2,1-2H3. The summed E-state index contributed by atoms with van der Waals surface area (Å²) in [5.41, 5.74) is 0.276. The van der Waals surface area contributed by atoms with Crippen LogP contribution in [0.1, 0.15) is 39.5 Å².